The number of hydrogen-bond acceptors (Lipinski definition) is 5. The van der Waals surface area contributed by atoms with Gasteiger partial charge < -0.3 is 15.8 Å². The molecule has 0 saturated carbocycles. The van der Waals surface area contributed by atoms with E-state index in [-0.39, 0.29) is 29.4 Å². The number of alkyl halides is 3. The average Bonchev–Trinajstić information content (AvgIpc) is 2.76. The fourth-order valence-corrected chi connectivity index (χ4v) is 4.04. The van der Waals surface area contributed by atoms with Gasteiger partial charge in [0.1, 0.15) is 23.4 Å². The normalized spacial score (nSPS) is 12.6. The molecule has 0 aliphatic carbocycles. The molecule has 186 valence electrons. The lowest BCUT2D eigenvalue weighted by Crippen LogP contribution is -2.47. The van der Waals surface area contributed by atoms with Crippen molar-refractivity contribution in [2.45, 2.75) is 12.2 Å². The summed E-state index contributed by atoms with van der Waals surface area (Å²) < 4.78 is 82.9. The summed E-state index contributed by atoms with van der Waals surface area (Å²) in [6.45, 7) is -0.385. The number of sulfonamides is 1. The number of halogens is 4. The zero-order valence-electron chi connectivity index (χ0n) is 18.3. The van der Waals surface area contributed by atoms with Gasteiger partial charge in [-0.1, -0.05) is 6.07 Å². The number of carbonyl (C=O) groups is 1. The van der Waals surface area contributed by atoms with E-state index in [9.17, 15) is 30.8 Å². The van der Waals surface area contributed by atoms with Crippen molar-refractivity contribution in [1.82, 2.24) is 0 Å². The monoisotopic (exact) mass is 511 g/mol. The molecule has 0 heterocycles. The van der Waals surface area contributed by atoms with E-state index in [0.29, 0.717) is 0 Å². The molecule has 12 heteroatoms. The Labute approximate surface area is 199 Å². The Hall–Kier alpha value is -3.80. The number of nitrogens with two attached hydrogens (primary N) is 1. The highest BCUT2D eigenvalue weighted by atomic mass is 32.2. The van der Waals surface area contributed by atoms with Crippen molar-refractivity contribution in [1.29, 1.82) is 0 Å². The van der Waals surface area contributed by atoms with E-state index in [2.05, 4.69) is 5.32 Å². The second kappa shape index (κ2) is 10.2. The van der Waals surface area contributed by atoms with Gasteiger partial charge in [0.15, 0.2) is 0 Å². The van der Waals surface area contributed by atoms with Gasteiger partial charge in [0.05, 0.1) is 24.1 Å². The highest BCUT2D eigenvalue weighted by Crippen LogP contribution is 2.32. The molecule has 0 unspecified atom stereocenters. The zero-order chi connectivity index (χ0) is 25.8. The summed E-state index contributed by atoms with van der Waals surface area (Å²) in [6.07, 6.45) is -3.53. The molecule has 0 fully saturated rings. The lowest BCUT2D eigenvalue weighted by Gasteiger charge is -2.27. The van der Waals surface area contributed by atoms with Crippen LogP contribution in [0.4, 0.5) is 28.9 Å². The van der Waals surface area contributed by atoms with Crippen LogP contribution in [0.2, 0.25) is 0 Å². The van der Waals surface area contributed by atoms with Gasteiger partial charge in [-0.15, -0.1) is 0 Å². The predicted molar refractivity (Wildman–Crippen MR) is 123 cm³/mol. The Morgan fingerprint density at radius 1 is 1.03 bits per heavy atom. The number of benzene rings is 3. The van der Waals surface area contributed by atoms with Crippen LogP contribution < -0.4 is 20.1 Å². The summed E-state index contributed by atoms with van der Waals surface area (Å²) in [6, 6.07) is 13.8. The van der Waals surface area contributed by atoms with E-state index >= 15 is 0 Å². The van der Waals surface area contributed by atoms with Crippen molar-refractivity contribution in [2.24, 2.45) is 5.73 Å². The Kier molecular flexibility index (Phi) is 7.54. The van der Waals surface area contributed by atoms with Crippen molar-refractivity contribution in [3.63, 3.8) is 0 Å². The second-order valence-electron chi connectivity index (χ2n) is 7.52. The fraction of sp³-hybridized carbons (Fsp3) is 0.174. The number of amides is 1. The highest BCUT2D eigenvalue weighted by molar-refractivity contribution is 7.92. The van der Waals surface area contributed by atoms with Crippen LogP contribution in [0.5, 0.6) is 11.5 Å². The van der Waals surface area contributed by atoms with Crippen LogP contribution in [0.25, 0.3) is 0 Å². The molecule has 3 aromatic carbocycles. The molecule has 0 bridgehead atoms. The van der Waals surface area contributed by atoms with E-state index < -0.39 is 39.5 Å². The van der Waals surface area contributed by atoms with Gasteiger partial charge >= 0.3 is 6.18 Å². The zero-order valence-corrected chi connectivity index (χ0v) is 19.1. The molecule has 35 heavy (non-hydrogen) atoms. The number of hydrogen-bond donors (Lipinski definition) is 2. The van der Waals surface area contributed by atoms with Gasteiger partial charge in [-0.05, 0) is 66.7 Å². The van der Waals surface area contributed by atoms with E-state index in [0.717, 1.165) is 40.9 Å². The number of anilines is 2. The van der Waals surface area contributed by atoms with Gasteiger partial charge in [0, 0.05) is 5.69 Å². The first-order valence-electron chi connectivity index (χ1n) is 10.1. The van der Waals surface area contributed by atoms with Gasteiger partial charge in [-0.3, -0.25) is 9.10 Å². The molecule has 0 spiro atoms. The minimum absolute atomic E-state index is 0.152. The SMILES string of the molecule is CS(=O)(=O)N(C[C@H](Nc1cccc(F)c1)C(N)=O)c1ccc(Oc2ccc(C(F)(F)F)cc2)cc1. The third kappa shape index (κ3) is 7.09. The number of carbonyl (C=O) groups excluding carboxylic acids is 1. The molecule has 0 saturated heterocycles. The summed E-state index contributed by atoms with van der Waals surface area (Å²) in [5.41, 5.74) is 5.03. The third-order valence-electron chi connectivity index (χ3n) is 4.80. The van der Waals surface area contributed by atoms with Crippen LogP contribution >= 0.6 is 0 Å². The fourth-order valence-electron chi connectivity index (χ4n) is 3.11. The molecule has 0 radical (unpaired) electrons. The van der Waals surface area contributed by atoms with Crippen LogP contribution in [0, 0.1) is 5.82 Å². The maximum Gasteiger partial charge on any atom is 0.416 e. The van der Waals surface area contributed by atoms with Gasteiger partial charge in [0.25, 0.3) is 0 Å². The summed E-state index contributed by atoms with van der Waals surface area (Å²) in [7, 11) is -3.87. The highest BCUT2D eigenvalue weighted by Gasteiger charge is 2.30. The van der Waals surface area contributed by atoms with E-state index in [1.165, 1.54) is 42.5 Å². The predicted octanol–water partition coefficient (Wildman–Crippen LogP) is 4.37. The maximum atomic E-state index is 13.5. The van der Waals surface area contributed by atoms with Crippen LogP contribution in [-0.2, 0) is 21.0 Å². The van der Waals surface area contributed by atoms with Crippen LogP contribution in [-0.4, -0.2) is 33.2 Å². The van der Waals surface area contributed by atoms with Crippen molar-refractivity contribution in [2.75, 3.05) is 22.4 Å². The van der Waals surface area contributed by atoms with Crippen molar-refractivity contribution in [3.8, 4) is 11.5 Å². The molecule has 0 aliphatic heterocycles. The summed E-state index contributed by atoms with van der Waals surface area (Å²) in [4.78, 5) is 12.0. The first kappa shape index (κ1) is 25.8. The van der Waals surface area contributed by atoms with Crippen LogP contribution in [0.15, 0.2) is 72.8 Å². The first-order chi connectivity index (χ1) is 16.3. The van der Waals surface area contributed by atoms with E-state index in [1.807, 2.05) is 0 Å². The van der Waals surface area contributed by atoms with E-state index in [4.69, 9.17) is 10.5 Å². The molecule has 3 N–H and O–H groups in total. The Balaban J connectivity index is 1.78. The number of nitrogens with one attached hydrogen (secondary N) is 1. The maximum absolute atomic E-state index is 13.5. The lowest BCUT2D eigenvalue weighted by molar-refractivity contribution is -0.137. The topological polar surface area (TPSA) is 102 Å². The van der Waals surface area contributed by atoms with Crippen LogP contribution in [0.3, 0.4) is 0 Å². The molecule has 7 nitrogen and oxygen atoms in total. The summed E-state index contributed by atoms with van der Waals surface area (Å²) >= 11 is 0. The van der Waals surface area contributed by atoms with E-state index in [1.54, 1.807) is 0 Å². The van der Waals surface area contributed by atoms with Gasteiger partial charge in [0.2, 0.25) is 15.9 Å². The summed E-state index contributed by atoms with van der Waals surface area (Å²) in [5.74, 6) is -1.02. The molecule has 3 aromatic rings. The Morgan fingerprint density at radius 2 is 1.60 bits per heavy atom. The molecule has 0 aromatic heterocycles. The summed E-state index contributed by atoms with van der Waals surface area (Å²) in [5, 5.41) is 2.73. The Morgan fingerprint density at radius 3 is 2.09 bits per heavy atom. The lowest BCUT2D eigenvalue weighted by atomic mass is 10.2. The van der Waals surface area contributed by atoms with Gasteiger partial charge in [-0.2, -0.15) is 13.2 Å². The second-order valence-corrected chi connectivity index (χ2v) is 9.43. The largest absolute Gasteiger partial charge is 0.457 e. The number of nitrogens with zero attached hydrogens (tertiary/aromatic N) is 1. The minimum Gasteiger partial charge on any atom is -0.457 e. The number of ether oxygens (including phenoxy) is 1. The van der Waals surface area contributed by atoms with Crippen LogP contribution in [0.1, 0.15) is 5.56 Å². The average molecular weight is 511 g/mol. The molecule has 3 rings (SSSR count). The standard InChI is InChI=1S/C23H21F4N3O4S/c1-35(32,33)30(14-21(22(28)31)29-17-4-2-3-16(24)13-17)18-7-11-20(12-8-18)34-19-9-5-15(6-10-19)23(25,26)27/h2-13,21,29H,14H2,1H3,(H2,28,31)/t21-/m0/s1. The number of rotatable bonds is 9. The third-order valence-corrected chi connectivity index (χ3v) is 5.96. The Bertz CT molecular complexity index is 1280. The van der Waals surface area contributed by atoms with Crippen molar-refractivity contribution >= 4 is 27.3 Å². The molecular formula is C23H21F4N3O4S. The molecule has 1 amide bonds. The van der Waals surface area contributed by atoms with Crippen molar-refractivity contribution in [3.05, 3.63) is 84.2 Å². The smallest absolute Gasteiger partial charge is 0.416 e. The van der Waals surface area contributed by atoms with Crippen molar-refractivity contribution < 1.29 is 35.5 Å². The van der Waals surface area contributed by atoms with Gasteiger partial charge in [-0.25, -0.2) is 12.8 Å². The number of primary amides is 1. The molecule has 1 atom stereocenters. The quantitative estimate of drug-likeness (QED) is 0.416. The molecular weight excluding hydrogens is 490 g/mol. The molecule has 0 aliphatic rings. The minimum atomic E-state index is -4.47. The first-order valence-corrected chi connectivity index (χ1v) is 11.9.